The minimum atomic E-state index is -2.22. The maximum absolute atomic E-state index is 13.6. The number of aryl methyl sites for hydroxylation is 2. The molecule has 3 rings (SSSR count). The summed E-state index contributed by atoms with van der Waals surface area (Å²) in [5, 5.41) is 4.22. The Morgan fingerprint density at radius 1 is 0.960 bits per heavy atom. The van der Waals surface area contributed by atoms with Crippen molar-refractivity contribution in [3.05, 3.63) is 51.4 Å². The Kier molecular flexibility index (Phi) is 4.38. The van der Waals surface area contributed by atoms with Gasteiger partial charge in [-0.05, 0) is 19.4 Å². The smallest absolute Gasteiger partial charge is 0.200 e. The van der Waals surface area contributed by atoms with Gasteiger partial charge in [-0.15, -0.1) is 11.3 Å². The molecule has 0 bridgehead atoms. The van der Waals surface area contributed by atoms with Crippen molar-refractivity contribution in [1.82, 2.24) is 9.97 Å². The minimum Gasteiger partial charge on any atom is -0.261 e. The molecule has 0 aliphatic rings. The van der Waals surface area contributed by atoms with E-state index in [1.807, 2.05) is 13.8 Å². The van der Waals surface area contributed by atoms with E-state index in [0.717, 1.165) is 10.4 Å². The maximum atomic E-state index is 13.6. The molecular weight excluding hydrogens is 363 g/mol. The Balaban J connectivity index is 1.98. The van der Waals surface area contributed by atoms with Gasteiger partial charge in [-0.25, -0.2) is 31.9 Å². The first-order valence-corrected chi connectivity index (χ1v) is 7.65. The first-order valence-electron chi connectivity index (χ1n) is 6.84. The standard InChI is InChI=1S/C15H9F5N4S/c1-5-6(2)25-15-8(5)14(21-4-22-15)24-23-3-7-9(16)11(18)13(20)12(19)10(7)17/h3-4H,1-2H3,(H,21,22,24). The van der Waals surface area contributed by atoms with Crippen molar-refractivity contribution >= 4 is 33.6 Å². The highest BCUT2D eigenvalue weighted by Gasteiger charge is 2.24. The van der Waals surface area contributed by atoms with Crippen LogP contribution >= 0.6 is 11.3 Å². The molecule has 130 valence electrons. The number of hydrazone groups is 1. The van der Waals surface area contributed by atoms with Gasteiger partial charge in [-0.3, -0.25) is 5.43 Å². The quantitative estimate of drug-likeness (QED) is 0.243. The summed E-state index contributed by atoms with van der Waals surface area (Å²) < 4.78 is 66.5. The van der Waals surface area contributed by atoms with Crippen LogP contribution in [0.2, 0.25) is 0 Å². The number of hydrogen-bond donors (Lipinski definition) is 1. The highest BCUT2D eigenvalue weighted by Crippen LogP contribution is 2.32. The third kappa shape index (κ3) is 2.82. The summed E-state index contributed by atoms with van der Waals surface area (Å²) in [6.45, 7) is 3.74. The summed E-state index contributed by atoms with van der Waals surface area (Å²) in [6, 6.07) is 0. The molecule has 0 saturated carbocycles. The van der Waals surface area contributed by atoms with Gasteiger partial charge in [0.05, 0.1) is 17.2 Å². The number of aromatic nitrogens is 2. The first kappa shape index (κ1) is 17.2. The van der Waals surface area contributed by atoms with Crippen LogP contribution in [-0.4, -0.2) is 16.2 Å². The van der Waals surface area contributed by atoms with E-state index in [4.69, 9.17) is 0 Å². The molecule has 3 aromatic rings. The molecule has 0 unspecified atom stereocenters. The third-order valence-electron chi connectivity index (χ3n) is 3.57. The van der Waals surface area contributed by atoms with Crippen molar-refractivity contribution in [3.8, 4) is 0 Å². The normalized spacial score (nSPS) is 11.6. The van der Waals surface area contributed by atoms with Gasteiger partial charge in [0.2, 0.25) is 5.82 Å². The number of nitrogens with one attached hydrogen (secondary N) is 1. The van der Waals surface area contributed by atoms with Crippen LogP contribution in [0.25, 0.3) is 10.2 Å². The zero-order chi connectivity index (χ0) is 18.3. The van der Waals surface area contributed by atoms with Crippen molar-refractivity contribution in [3.63, 3.8) is 0 Å². The lowest BCUT2D eigenvalue weighted by Crippen LogP contribution is -2.07. The summed E-state index contributed by atoms with van der Waals surface area (Å²) in [4.78, 5) is 9.77. The zero-order valence-electron chi connectivity index (χ0n) is 12.8. The van der Waals surface area contributed by atoms with Gasteiger partial charge in [0.15, 0.2) is 29.1 Å². The molecule has 0 atom stereocenters. The number of hydrogen-bond acceptors (Lipinski definition) is 5. The van der Waals surface area contributed by atoms with E-state index in [1.165, 1.54) is 17.7 Å². The summed E-state index contributed by atoms with van der Waals surface area (Å²) in [7, 11) is 0. The Hall–Kier alpha value is -2.62. The SMILES string of the molecule is Cc1sc2ncnc(NN=Cc3c(F)c(F)c(F)c(F)c3F)c2c1C. The van der Waals surface area contributed by atoms with Crippen molar-refractivity contribution < 1.29 is 22.0 Å². The Morgan fingerprint density at radius 2 is 1.56 bits per heavy atom. The number of anilines is 1. The highest BCUT2D eigenvalue weighted by atomic mass is 32.1. The molecule has 10 heteroatoms. The van der Waals surface area contributed by atoms with E-state index < -0.39 is 34.6 Å². The minimum absolute atomic E-state index is 0.256. The van der Waals surface area contributed by atoms with Crippen LogP contribution in [0.4, 0.5) is 27.8 Å². The lowest BCUT2D eigenvalue weighted by Gasteiger charge is -2.05. The number of thiophene rings is 1. The van der Waals surface area contributed by atoms with Gasteiger partial charge in [-0.1, -0.05) is 0 Å². The monoisotopic (exact) mass is 372 g/mol. The first-order chi connectivity index (χ1) is 11.8. The molecule has 2 aromatic heterocycles. The molecule has 0 radical (unpaired) electrons. The Labute approximate surface area is 142 Å². The number of rotatable bonds is 3. The third-order valence-corrected chi connectivity index (χ3v) is 4.69. The van der Waals surface area contributed by atoms with Crippen LogP contribution in [0.3, 0.4) is 0 Å². The number of benzene rings is 1. The van der Waals surface area contributed by atoms with Gasteiger partial charge < -0.3 is 0 Å². The van der Waals surface area contributed by atoms with Crippen LogP contribution in [0, 0.1) is 42.9 Å². The fourth-order valence-electron chi connectivity index (χ4n) is 2.16. The van der Waals surface area contributed by atoms with E-state index in [-0.39, 0.29) is 5.82 Å². The van der Waals surface area contributed by atoms with Crippen LogP contribution < -0.4 is 5.43 Å². The molecule has 0 saturated heterocycles. The molecule has 4 nitrogen and oxygen atoms in total. The molecule has 25 heavy (non-hydrogen) atoms. The number of halogens is 5. The summed E-state index contributed by atoms with van der Waals surface area (Å²) in [5.41, 5.74) is 2.20. The molecule has 1 aromatic carbocycles. The van der Waals surface area contributed by atoms with E-state index in [0.29, 0.717) is 16.4 Å². The summed E-state index contributed by atoms with van der Waals surface area (Å²) in [6.07, 6.45) is 1.78. The van der Waals surface area contributed by atoms with E-state index in [9.17, 15) is 22.0 Å². The molecule has 0 aliphatic carbocycles. The molecule has 0 amide bonds. The average molecular weight is 372 g/mol. The maximum Gasteiger partial charge on any atom is 0.200 e. The lowest BCUT2D eigenvalue weighted by atomic mass is 10.2. The van der Waals surface area contributed by atoms with Gasteiger partial charge in [0.25, 0.3) is 0 Å². The predicted molar refractivity (Wildman–Crippen MR) is 84.3 cm³/mol. The zero-order valence-corrected chi connectivity index (χ0v) is 13.6. The summed E-state index contributed by atoms with van der Waals surface area (Å²) >= 11 is 1.43. The van der Waals surface area contributed by atoms with Crippen molar-refractivity contribution in [2.24, 2.45) is 5.10 Å². The number of nitrogens with zero attached hydrogens (tertiary/aromatic N) is 3. The van der Waals surface area contributed by atoms with Crippen LogP contribution in [0.5, 0.6) is 0 Å². The van der Waals surface area contributed by atoms with E-state index in [2.05, 4.69) is 20.5 Å². The lowest BCUT2D eigenvalue weighted by molar-refractivity contribution is 0.377. The summed E-state index contributed by atoms with van der Waals surface area (Å²) in [5.74, 6) is -9.95. The van der Waals surface area contributed by atoms with Crippen molar-refractivity contribution in [2.75, 3.05) is 5.43 Å². The number of fused-ring (bicyclic) bond motifs is 1. The van der Waals surface area contributed by atoms with Gasteiger partial charge in [0.1, 0.15) is 11.2 Å². The van der Waals surface area contributed by atoms with E-state index in [1.54, 1.807) is 0 Å². The topological polar surface area (TPSA) is 50.2 Å². The fourth-order valence-corrected chi connectivity index (χ4v) is 3.16. The average Bonchev–Trinajstić information content (AvgIpc) is 2.89. The Morgan fingerprint density at radius 3 is 2.20 bits per heavy atom. The molecular formula is C15H9F5N4S. The molecule has 2 heterocycles. The molecule has 0 aliphatic heterocycles. The van der Waals surface area contributed by atoms with E-state index >= 15 is 0 Å². The van der Waals surface area contributed by atoms with Crippen LogP contribution in [0.1, 0.15) is 16.0 Å². The Bertz CT molecular complexity index is 986. The van der Waals surface area contributed by atoms with Crippen LogP contribution in [-0.2, 0) is 0 Å². The second-order valence-electron chi connectivity index (χ2n) is 5.04. The predicted octanol–water partition coefficient (Wildman–Crippen LogP) is 4.45. The van der Waals surface area contributed by atoms with Crippen molar-refractivity contribution in [1.29, 1.82) is 0 Å². The highest BCUT2D eigenvalue weighted by molar-refractivity contribution is 7.18. The second kappa shape index (κ2) is 6.36. The van der Waals surface area contributed by atoms with Gasteiger partial charge >= 0.3 is 0 Å². The molecule has 1 N–H and O–H groups in total. The fraction of sp³-hybridized carbons (Fsp3) is 0.133. The van der Waals surface area contributed by atoms with Crippen LogP contribution in [0.15, 0.2) is 11.4 Å². The van der Waals surface area contributed by atoms with Crippen molar-refractivity contribution in [2.45, 2.75) is 13.8 Å². The second-order valence-corrected chi connectivity index (χ2v) is 6.24. The van der Waals surface area contributed by atoms with Gasteiger partial charge in [-0.2, -0.15) is 5.10 Å². The van der Waals surface area contributed by atoms with Gasteiger partial charge in [0, 0.05) is 4.88 Å². The largest absolute Gasteiger partial charge is 0.261 e. The molecule has 0 fully saturated rings. The molecule has 0 spiro atoms.